The Kier molecular flexibility index (Phi) is 7.45. The summed E-state index contributed by atoms with van der Waals surface area (Å²) in [5.74, 6) is 0.846. The molecule has 8 nitrogen and oxygen atoms in total. The van der Waals surface area contributed by atoms with Gasteiger partial charge in [0.25, 0.3) is 5.91 Å². The van der Waals surface area contributed by atoms with Crippen LogP contribution in [-0.2, 0) is 4.74 Å². The normalized spacial score (nSPS) is 13.9. The van der Waals surface area contributed by atoms with Gasteiger partial charge in [0.1, 0.15) is 0 Å². The summed E-state index contributed by atoms with van der Waals surface area (Å²) in [5.41, 5.74) is 8.95. The Morgan fingerprint density at radius 2 is 1.84 bits per heavy atom. The summed E-state index contributed by atoms with van der Waals surface area (Å²) in [7, 11) is 3.37. The molecule has 172 valence electrons. The zero-order chi connectivity index (χ0) is 23.4. The van der Waals surface area contributed by atoms with Crippen molar-refractivity contribution in [2.75, 3.05) is 57.5 Å². The molecule has 0 bridgehead atoms. The van der Waals surface area contributed by atoms with Gasteiger partial charge in [0, 0.05) is 52.0 Å². The molecule has 0 unspecified atom stereocenters. The molecule has 0 aliphatic carbocycles. The van der Waals surface area contributed by atoms with E-state index in [2.05, 4.69) is 9.88 Å². The molecule has 2 N–H and O–H groups in total. The van der Waals surface area contributed by atoms with Crippen LogP contribution in [0.3, 0.4) is 0 Å². The van der Waals surface area contributed by atoms with Gasteiger partial charge in [-0.3, -0.25) is 4.79 Å². The van der Waals surface area contributed by atoms with Gasteiger partial charge in [-0.25, -0.2) is 9.78 Å². The summed E-state index contributed by atoms with van der Waals surface area (Å²) in [6.07, 6.45) is 1.47. The lowest BCUT2D eigenvalue weighted by Gasteiger charge is -2.35. The van der Waals surface area contributed by atoms with E-state index in [0.29, 0.717) is 60.8 Å². The zero-order valence-electron chi connectivity index (χ0n) is 19.0. The minimum atomic E-state index is -0.275. The van der Waals surface area contributed by atoms with Crippen LogP contribution in [0.1, 0.15) is 24.2 Å². The van der Waals surface area contributed by atoms with Crippen molar-refractivity contribution in [3.05, 3.63) is 41.0 Å². The van der Waals surface area contributed by atoms with Crippen molar-refractivity contribution in [3.8, 4) is 11.1 Å². The van der Waals surface area contributed by atoms with Gasteiger partial charge < -0.3 is 25.2 Å². The van der Waals surface area contributed by atoms with Crippen LogP contribution in [0.4, 0.5) is 16.3 Å². The molecule has 2 aromatic rings. The number of nitrogen functional groups attached to an aromatic ring is 1. The quantitative estimate of drug-likeness (QED) is 0.734. The lowest BCUT2D eigenvalue weighted by Crippen LogP contribution is -2.49. The van der Waals surface area contributed by atoms with Crippen LogP contribution in [0, 0.1) is 5.92 Å². The fourth-order valence-electron chi connectivity index (χ4n) is 3.44. The van der Waals surface area contributed by atoms with Gasteiger partial charge in [-0.1, -0.05) is 31.5 Å². The third-order valence-electron chi connectivity index (χ3n) is 5.21. The van der Waals surface area contributed by atoms with Crippen LogP contribution in [0.25, 0.3) is 11.1 Å². The third kappa shape index (κ3) is 5.43. The van der Waals surface area contributed by atoms with E-state index < -0.39 is 0 Å². The first-order valence-electron chi connectivity index (χ1n) is 10.6. The average Bonchev–Trinajstić information content (AvgIpc) is 2.77. The minimum absolute atomic E-state index is 0.151. The number of amides is 2. The van der Waals surface area contributed by atoms with Crippen LogP contribution in [0.2, 0.25) is 5.02 Å². The minimum Gasteiger partial charge on any atom is -0.449 e. The second-order valence-corrected chi connectivity index (χ2v) is 8.88. The predicted octanol–water partition coefficient (Wildman–Crippen LogP) is 3.60. The van der Waals surface area contributed by atoms with E-state index in [1.54, 1.807) is 37.3 Å². The van der Waals surface area contributed by atoms with Crippen molar-refractivity contribution in [3.63, 3.8) is 0 Å². The Balaban J connectivity index is 1.68. The Labute approximate surface area is 193 Å². The van der Waals surface area contributed by atoms with Crippen molar-refractivity contribution in [2.24, 2.45) is 5.92 Å². The smallest absolute Gasteiger partial charge is 0.409 e. The second-order valence-electron chi connectivity index (χ2n) is 8.48. The first kappa shape index (κ1) is 23.7. The fraction of sp³-hybridized carbons (Fsp3) is 0.435. The average molecular weight is 460 g/mol. The first-order chi connectivity index (χ1) is 15.2. The number of aromatic nitrogens is 1. The number of nitrogens with zero attached hydrogens (tertiary/aromatic N) is 4. The van der Waals surface area contributed by atoms with Crippen molar-refractivity contribution in [1.82, 2.24) is 14.8 Å². The maximum atomic E-state index is 12.2. The molecule has 1 aromatic heterocycles. The highest BCUT2D eigenvalue weighted by atomic mass is 35.5. The number of hydrogen-bond donors (Lipinski definition) is 1. The van der Waals surface area contributed by atoms with E-state index in [1.165, 1.54) is 4.90 Å². The molecule has 0 spiro atoms. The monoisotopic (exact) mass is 459 g/mol. The molecule has 0 saturated carbocycles. The summed E-state index contributed by atoms with van der Waals surface area (Å²) in [5, 5.41) is 0.379. The van der Waals surface area contributed by atoms with Crippen LogP contribution in [0.15, 0.2) is 30.5 Å². The van der Waals surface area contributed by atoms with E-state index in [9.17, 15) is 9.59 Å². The summed E-state index contributed by atoms with van der Waals surface area (Å²) in [4.78, 5) is 34.2. The number of pyridine rings is 1. The number of anilines is 2. The van der Waals surface area contributed by atoms with Gasteiger partial charge in [0.05, 0.1) is 22.9 Å². The summed E-state index contributed by atoms with van der Waals surface area (Å²) in [6, 6.07) is 7.14. The molecule has 1 aromatic carbocycles. The van der Waals surface area contributed by atoms with Gasteiger partial charge in [0.15, 0.2) is 5.82 Å². The van der Waals surface area contributed by atoms with Crippen molar-refractivity contribution < 1.29 is 14.3 Å². The van der Waals surface area contributed by atoms with Crippen molar-refractivity contribution in [1.29, 1.82) is 0 Å². The standard InChI is InChI=1S/C23H30ClN5O3/c1-15(2)14-32-23(31)29-9-7-28(8-10-29)21-20(25)12-17(13-26-21)16-5-6-18(19(24)11-16)22(30)27(3)4/h5-6,11-13,15H,7-10,14,25H2,1-4H3. The number of benzene rings is 1. The molecule has 2 heterocycles. The maximum Gasteiger partial charge on any atom is 0.409 e. The summed E-state index contributed by atoms with van der Waals surface area (Å²) >= 11 is 6.34. The molecule has 0 atom stereocenters. The fourth-order valence-corrected chi connectivity index (χ4v) is 3.70. The van der Waals surface area contributed by atoms with Crippen LogP contribution < -0.4 is 10.6 Å². The molecule has 3 rings (SSSR count). The van der Waals surface area contributed by atoms with Crippen molar-refractivity contribution >= 4 is 35.1 Å². The van der Waals surface area contributed by atoms with E-state index in [-0.39, 0.29) is 12.0 Å². The Morgan fingerprint density at radius 3 is 2.41 bits per heavy atom. The Morgan fingerprint density at radius 1 is 1.16 bits per heavy atom. The number of ether oxygens (including phenoxy) is 1. The lowest BCUT2D eigenvalue weighted by molar-refractivity contribution is 0.0827. The third-order valence-corrected chi connectivity index (χ3v) is 5.52. The molecule has 1 fully saturated rings. The first-order valence-corrected chi connectivity index (χ1v) is 11.0. The number of nitrogens with two attached hydrogens (primary N) is 1. The highest BCUT2D eigenvalue weighted by molar-refractivity contribution is 6.34. The van der Waals surface area contributed by atoms with E-state index in [4.69, 9.17) is 22.1 Å². The number of carbonyl (C=O) groups excluding carboxylic acids is 2. The number of piperazine rings is 1. The Hall–Kier alpha value is -3.00. The van der Waals surface area contributed by atoms with Crippen molar-refractivity contribution in [2.45, 2.75) is 13.8 Å². The Bertz CT molecular complexity index is 988. The lowest BCUT2D eigenvalue weighted by atomic mass is 10.0. The van der Waals surface area contributed by atoms with Gasteiger partial charge >= 0.3 is 6.09 Å². The number of carbonyl (C=O) groups is 2. The highest BCUT2D eigenvalue weighted by Crippen LogP contribution is 2.30. The largest absolute Gasteiger partial charge is 0.449 e. The zero-order valence-corrected chi connectivity index (χ0v) is 19.7. The second kappa shape index (κ2) is 10.1. The number of hydrogen-bond acceptors (Lipinski definition) is 6. The van der Waals surface area contributed by atoms with Crippen LogP contribution >= 0.6 is 11.6 Å². The van der Waals surface area contributed by atoms with Gasteiger partial charge in [-0.15, -0.1) is 0 Å². The summed E-state index contributed by atoms with van der Waals surface area (Å²) in [6.45, 7) is 6.79. The molecular formula is C23H30ClN5O3. The molecule has 1 saturated heterocycles. The highest BCUT2D eigenvalue weighted by Gasteiger charge is 2.24. The SMILES string of the molecule is CC(C)COC(=O)N1CCN(c2ncc(-c3ccc(C(=O)N(C)C)c(Cl)c3)cc2N)CC1. The van der Waals surface area contributed by atoms with E-state index in [1.807, 2.05) is 26.0 Å². The molecular weight excluding hydrogens is 430 g/mol. The van der Waals surface area contributed by atoms with Gasteiger partial charge in [0.2, 0.25) is 0 Å². The number of rotatable bonds is 5. The molecule has 1 aliphatic heterocycles. The molecule has 32 heavy (non-hydrogen) atoms. The number of halogens is 1. The summed E-state index contributed by atoms with van der Waals surface area (Å²) < 4.78 is 5.31. The van der Waals surface area contributed by atoms with Gasteiger partial charge in [-0.05, 0) is 29.7 Å². The maximum absolute atomic E-state index is 12.2. The molecule has 9 heteroatoms. The van der Waals surface area contributed by atoms with Crippen LogP contribution in [-0.4, -0.2) is 73.7 Å². The van der Waals surface area contributed by atoms with Crippen LogP contribution in [0.5, 0.6) is 0 Å². The molecule has 1 aliphatic rings. The molecule has 0 radical (unpaired) electrons. The van der Waals surface area contributed by atoms with Gasteiger partial charge in [-0.2, -0.15) is 0 Å². The topological polar surface area (TPSA) is 92.0 Å². The van der Waals surface area contributed by atoms with E-state index in [0.717, 1.165) is 11.1 Å². The predicted molar refractivity (Wildman–Crippen MR) is 127 cm³/mol. The molecule has 2 amide bonds. The van der Waals surface area contributed by atoms with E-state index >= 15 is 0 Å².